The van der Waals surface area contributed by atoms with E-state index in [4.69, 9.17) is 24.9 Å². The number of rotatable bonds is 7. The Labute approximate surface area is 301 Å². The van der Waals surface area contributed by atoms with Crippen LogP contribution in [0.3, 0.4) is 0 Å². The summed E-state index contributed by atoms with van der Waals surface area (Å²) in [6.07, 6.45) is 1.79. The molecule has 9 rings (SSSR count). The topological polar surface area (TPSA) is 77.3 Å². The Bertz CT molecular complexity index is 2650. The molecule has 52 heavy (non-hydrogen) atoms. The zero-order chi connectivity index (χ0) is 34.7. The van der Waals surface area contributed by atoms with Gasteiger partial charge in [0.25, 0.3) is 0 Å². The van der Waals surface area contributed by atoms with Crippen molar-refractivity contribution in [1.82, 2.24) is 29.9 Å². The third-order valence-corrected chi connectivity index (χ3v) is 8.99. The Morgan fingerprint density at radius 3 is 1.42 bits per heavy atom. The van der Waals surface area contributed by atoms with Crippen molar-refractivity contribution in [1.29, 1.82) is 0 Å². The van der Waals surface area contributed by atoms with Gasteiger partial charge >= 0.3 is 0 Å². The Hall–Kier alpha value is -7.18. The Kier molecular flexibility index (Phi) is 8.08. The molecular formula is C46H30N6. The van der Waals surface area contributed by atoms with E-state index in [-0.39, 0.29) is 0 Å². The van der Waals surface area contributed by atoms with Crippen LogP contribution in [0.4, 0.5) is 0 Å². The molecule has 6 aromatic carbocycles. The lowest BCUT2D eigenvalue weighted by Gasteiger charge is -2.12. The molecule has 0 unspecified atom stereocenters. The molecule has 0 atom stereocenters. The summed E-state index contributed by atoms with van der Waals surface area (Å²) < 4.78 is 0. The van der Waals surface area contributed by atoms with Gasteiger partial charge in [0.2, 0.25) is 0 Å². The average Bonchev–Trinajstić information content (AvgIpc) is 3.24. The van der Waals surface area contributed by atoms with Gasteiger partial charge in [-0.1, -0.05) is 146 Å². The molecule has 3 heterocycles. The molecule has 3 aromatic heterocycles. The molecular weight excluding hydrogens is 637 g/mol. The molecule has 0 aliphatic heterocycles. The van der Waals surface area contributed by atoms with Gasteiger partial charge in [0.1, 0.15) is 5.69 Å². The summed E-state index contributed by atoms with van der Waals surface area (Å²) in [5, 5.41) is 0. The van der Waals surface area contributed by atoms with E-state index in [1.807, 2.05) is 103 Å². The van der Waals surface area contributed by atoms with E-state index in [1.54, 1.807) is 6.20 Å². The number of aromatic nitrogens is 6. The summed E-state index contributed by atoms with van der Waals surface area (Å²) in [6.45, 7) is 0. The zero-order valence-electron chi connectivity index (χ0n) is 28.0. The van der Waals surface area contributed by atoms with E-state index in [9.17, 15) is 0 Å². The highest BCUT2D eigenvalue weighted by Crippen LogP contribution is 2.33. The van der Waals surface area contributed by atoms with Crippen molar-refractivity contribution in [3.63, 3.8) is 0 Å². The minimum atomic E-state index is 0.600. The number of pyridine rings is 1. The molecule has 0 bridgehead atoms. The summed E-state index contributed by atoms with van der Waals surface area (Å²) >= 11 is 0. The first-order chi connectivity index (χ1) is 25.7. The summed E-state index contributed by atoms with van der Waals surface area (Å²) in [5.41, 5.74) is 12.0. The highest BCUT2D eigenvalue weighted by molar-refractivity contribution is 5.88. The molecule has 0 fully saturated rings. The Balaban J connectivity index is 1.12. The van der Waals surface area contributed by atoms with Crippen molar-refractivity contribution in [3.05, 3.63) is 182 Å². The van der Waals surface area contributed by atoms with Crippen molar-refractivity contribution in [3.8, 4) is 79.1 Å². The van der Waals surface area contributed by atoms with Crippen LogP contribution >= 0.6 is 0 Å². The maximum absolute atomic E-state index is 5.15. The Morgan fingerprint density at radius 2 is 0.750 bits per heavy atom. The summed E-state index contributed by atoms with van der Waals surface area (Å²) in [5.74, 6) is 1.84. The second-order valence-corrected chi connectivity index (χ2v) is 12.4. The van der Waals surface area contributed by atoms with E-state index in [2.05, 4.69) is 77.8 Å². The average molecular weight is 667 g/mol. The van der Waals surface area contributed by atoms with Crippen LogP contribution in [-0.4, -0.2) is 29.9 Å². The standard InChI is InChI=1S/C46H30N6/c1-4-13-31(14-5-1)32-22-24-35(25-23-32)45-50-44(34-17-8-3-9-18-34)51-46(52-45)38-20-12-19-36(29-38)37-26-27-39-41(30-37)49-43(40-21-10-11-28-47-40)42(48-39)33-15-6-2-7-16-33/h1-30H. The fraction of sp³-hybridized carbons (Fsp3) is 0. The van der Waals surface area contributed by atoms with E-state index < -0.39 is 0 Å². The van der Waals surface area contributed by atoms with Crippen LogP contribution in [0.15, 0.2) is 182 Å². The molecule has 0 spiro atoms. The predicted octanol–water partition coefficient (Wildman–Crippen LogP) is 10.9. The second-order valence-electron chi connectivity index (χ2n) is 12.4. The highest BCUT2D eigenvalue weighted by atomic mass is 15.0. The normalized spacial score (nSPS) is 11.1. The highest BCUT2D eigenvalue weighted by Gasteiger charge is 2.16. The lowest BCUT2D eigenvalue weighted by molar-refractivity contribution is 1.07. The lowest BCUT2D eigenvalue weighted by Crippen LogP contribution is -2.00. The minimum absolute atomic E-state index is 0.600. The van der Waals surface area contributed by atoms with Gasteiger partial charge in [-0.15, -0.1) is 0 Å². The summed E-state index contributed by atoms with van der Waals surface area (Å²) in [7, 11) is 0. The van der Waals surface area contributed by atoms with Crippen molar-refractivity contribution in [2.45, 2.75) is 0 Å². The molecule has 244 valence electrons. The maximum atomic E-state index is 5.15. The van der Waals surface area contributed by atoms with Crippen molar-refractivity contribution < 1.29 is 0 Å². The first-order valence-corrected chi connectivity index (χ1v) is 17.1. The van der Waals surface area contributed by atoms with E-state index in [0.717, 1.165) is 72.6 Å². The summed E-state index contributed by atoms with van der Waals surface area (Å²) in [4.78, 5) is 29.8. The first kappa shape index (κ1) is 30.8. The summed E-state index contributed by atoms with van der Waals surface area (Å²) in [6, 6.07) is 59.3. The van der Waals surface area contributed by atoms with Crippen LogP contribution in [0.5, 0.6) is 0 Å². The van der Waals surface area contributed by atoms with Crippen molar-refractivity contribution in [2.75, 3.05) is 0 Å². The van der Waals surface area contributed by atoms with E-state index in [0.29, 0.717) is 17.5 Å². The number of hydrogen-bond donors (Lipinski definition) is 0. The number of nitrogens with zero attached hydrogens (tertiary/aromatic N) is 6. The van der Waals surface area contributed by atoms with Crippen LogP contribution in [-0.2, 0) is 0 Å². The smallest absolute Gasteiger partial charge is 0.164 e. The SMILES string of the molecule is c1ccc(-c2ccc(-c3nc(-c4ccccc4)nc(-c4cccc(-c5ccc6nc(-c7ccccc7)c(-c7ccccn7)nc6c5)c4)n3)cc2)cc1. The molecule has 0 saturated carbocycles. The minimum Gasteiger partial charge on any atom is -0.255 e. The molecule has 0 N–H and O–H groups in total. The molecule has 0 aliphatic rings. The molecule has 0 aliphatic carbocycles. The van der Waals surface area contributed by atoms with E-state index >= 15 is 0 Å². The molecule has 0 saturated heterocycles. The van der Waals surface area contributed by atoms with Crippen molar-refractivity contribution in [2.24, 2.45) is 0 Å². The molecule has 0 amide bonds. The van der Waals surface area contributed by atoms with Gasteiger partial charge in [0.15, 0.2) is 17.5 Å². The molecule has 6 nitrogen and oxygen atoms in total. The molecule has 6 heteroatoms. The third-order valence-electron chi connectivity index (χ3n) is 8.99. The van der Waals surface area contributed by atoms with Crippen LogP contribution < -0.4 is 0 Å². The fourth-order valence-corrected chi connectivity index (χ4v) is 6.34. The van der Waals surface area contributed by atoms with Crippen LogP contribution in [0.2, 0.25) is 0 Å². The van der Waals surface area contributed by atoms with Gasteiger partial charge in [-0.2, -0.15) is 0 Å². The first-order valence-electron chi connectivity index (χ1n) is 17.1. The predicted molar refractivity (Wildman–Crippen MR) is 209 cm³/mol. The number of benzene rings is 6. The van der Waals surface area contributed by atoms with Crippen LogP contribution in [0.1, 0.15) is 0 Å². The second kappa shape index (κ2) is 13.6. The quantitative estimate of drug-likeness (QED) is 0.168. The monoisotopic (exact) mass is 666 g/mol. The number of hydrogen-bond acceptors (Lipinski definition) is 6. The van der Waals surface area contributed by atoms with Gasteiger partial charge in [-0.05, 0) is 52.6 Å². The third kappa shape index (κ3) is 6.21. The van der Waals surface area contributed by atoms with Gasteiger partial charge in [-0.3, -0.25) is 4.98 Å². The van der Waals surface area contributed by atoms with Gasteiger partial charge < -0.3 is 0 Å². The lowest BCUT2D eigenvalue weighted by atomic mass is 10.0. The maximum Gasteiger partial charge on any atom is 0.164 e. The molecule has 0 radical (unpaired) electrons. The molecule has 9 aromatic rings. The van der Waals surface area contributed by atoms with Gasteiger partial charge in [0, 0.05) is 28.5 Å². The van der Waals surface area contributed by atoms with Gasteiger partial charge in [-0.25, -0.2) is 24.9 Å². The van der Waals surface area contributed by atoms with E-state index in [1.165, 1.54) is 0 Å². The van der Waals surface area contributed by atoms with Crippen LogP contribution in [0, 0.1) is 0 Å². The van der Waals surface area contributed by atoms with Crippen molar-refractivity contribution >= 4 is 11.0 Å². The number of fused-ring (bicyclic) bond motifs is 1. The largest absolute Gasteiger partial charge is 0.255 e. The van der Waals surface area contributed by atoms with Crippen LogP contribution in [0.25, 0.3) is 90.1 Å². The Morgan fingerprint density at radius 1 is 0.269 bits per heavy atom. The fourth-order valence-electron chi connectivity index (χ4n) is 6.34. The van der Waals surface area contributed by atoms with Gasteiger partial charge in [0.05, 0.1) is 22.4 Å². The zero-order valence-corrected chi connectivity index (χ0v) is 28.0.